The number of halogens is 3. The lowest BCUT2D eigenvalue weighted by Crippen LogP contribution is -2.09. The van der Waals surface area contributed by atoms with E-state index in [-0.39, 0.29) is 35.0 Å². The van der Waals surface area contributed by atoms with Crippen LogP contribution in [0.25, 0.3) is 11.3 Å². The van der Waals surface area contributed by atoms with Crippen molar-refractivity contribution in [3.63, 3.8) is 0 Å². The van der Waals surface area contributed by atoms with Crippen molar-refractivity contribution in [2.24, 2.45) is 0 Å². The number of aromatic nitrogens is 1. The Morgan fingerprint density at radius 1 is 1.33 bits per heavy atom. The van der Waals surface area contributed by atoms with Crippen LogP contribution in [-0.4, -0.2) is 18.6 Å². The molecule has 0 aliphatic rings. The summed E-state index contributed by atoms with van der Waals surface area (Å²) in [6.45, 7) is 1.72. The van der Waals surface area contributed by atoms with Crippen LogP contribution in [0.3, 0.4) is 0 Å². The molecule has 0 atom stereocenters. The number of nitriles is 1. The second kappa shape index (κ2) is 6.66. The van der Waals surface area contributed by atoms with Crippen LogP contribution in [0.4, 0.5) is 24.5 Å². The molecule has 24 heavy (non-hydrogen) atoms. The highest BCUT2D eigenvalue weighted by atomic mass is 19.4. The highest BCUT2D eigenvalue weighted by Crippen LogP contribution is 2.39. The first kappa shape index (κ1) is 17.4. The third-order valence-electron chi connectivity index (χ3n) is 3.31. The molecule has 0 aliphatic carbocycles. The van der Waals surface area contributed by atoms with E-state index in [1.165, 1.54) is 18.2 Å². The number of alkyl halides is 3. The Morgan fingerprint density at radius 3 is 2.58 bits per heavy atom. The number of pyridine rings is 1. The predicted octanol–water partition coefficient (Wildman–Crippen LogP) is 3.66. The Morgan fingerprint density at radius 2 is 2.04 bits per heavy atom. The van der Waals surface area contributed by atoms with Crippen LogP contribution in [0.1, 0.15) is 18.2 Å². The van der Waals surface area contributed by atoms with Crippen LogP contribution >= 0.6 is 0 Å². The molecule has 0 fully saturated rings. The number of nitrogens with two attached hydrogens (primary N) is 1. The maximum Gasteiger partial charge on any atom is 0.419 e. The summed E-state index contributed by atoms with van der Waals surface area (Å²) in [7, 11) is 1.59. The van der Waals surface area contributed by atoms with Crippen LogP contribution in [0.15, 0.2) is 24.3 Å². The van der Waals surface area contributed by atoms with Crippen molar-refractivity contribution in [1.29, 1.82) is 5.26 Å². The first-order chi connectivity index (χ1) is 11.3. The molecule has 2 aromatic rings. The zero-order valence-corrected chi connectivity index (χ0v) is 13.0. The zero-order valence-electron chi connectivity index (χ0n) is 13.0. The third-order valence-corrected chi connectivity index (χ3v) is 3.31. The van der Waals surface area contributed by atoms with Gasteiger partial charge in [-0.05, 0) is 31.2 Å². The number of nitrogen functional groups attached to an aromatic ring is 1. The average Bonchev–Trinajstić information content (AvgIpc) is 2.55. The van der Waals surface area contributed by atoms with Crippen molar-refractivity contribution in [1.82, 2.24) is 4.98 Å². The Hall–Kier alpha value is -2.95. The first-order valence-corrected chi connectivity index (χ1v) is 7.04. The molecule has 1 aromatic carbocycles. The minimum Gasteiger partial charge on any atom is -0.493 e. The van der Waals surface area contributed by atoms with Crippen molar-refractivity contribution >= 4 is 11.4 Å². The molecule has 0 radical (unpaired) electrons. The standard InChI is InChI=1S/C16H15F3N4O/c1-3-24-14-5-4-9(6-10(14)16(17,18)19)11-7-12(22-2)15(21)13(8-20)23-11/h4-7H,3,21H2,1-2H3,(H,22,23). The summed E-state index contributed by atoms with van der Waals surface area (Å²) in [5, 5.41) is 11.9. The van der Waals surface area contributed by atoms with Gasteiger partial charge in [-0.2, -0.15) is 18.4 Å². The SMILES string of the molecule is CCOc1ccc(-c2cc(NC)c(N)c(C#N)n2)cc1C(F)(F)F. The molecule has 8 heteroatoms. The molecule has 0 saturated heterocycles. The van der Waals surface area contributed by atoms with Gasteiger partial charge in [0.15, 0.2) is 5.69 Å². The second-order valence-corrected chi connectivity index (χ2v) is 4.82. The summed E-state index contributed by atoms with van der Waals surface area (Å²) in [6.07, 6.45) is -4.57. The maximum atomic E-state index is 13.2. The monoisotopic (exact) mass is 336 g/mol. The molecule has 0 bridgehead atoms. The summed E-state index contributed by atoms with van der Waals surface area (Å²) in [5.74, 6) is -0.251. The number of anilines is 2. The van der Waals surface area contributed by atoms with Gasteiger partial charge in [-0.25, -0.2) is 4.98 Å². The van der Waals surface area contributed by atoms with Gasteiger partial charge in [0, 0.05) is 12.6 Å². The van der Waals surface area contributed by atoms with Crippen molar-refractivity contribution < 1.29 is 17.9 Å². The van der Waals surface area contributed by atoms with Gasteiger partial charge in [0.2, 0.25) is 0 Å². The molecule has 0 saturated carbocycles. The fourth-order valence-corrected chi connectivity index (χ4v) is 2.19. The van der Waals surface area contributed by atoms with Crippen LogP contribution < -0.4 is 15.8 Å². The number of hydrogen-bond donors (Lipinski definition) is 2. The van der Waals surface area contributed by atoms with Gasteiger partial charge in [0.1, 0.15) is 11.8 Å². The molecular formula is C16H15F3N4O. The molecule has 1 aromatic heterocycles. The van der Waals surface area contributed by atoms with E-state index < -0.39 is 11.7 Å². The number of hydrogen-bond acceptors (Lipinski definition) is 5. The molecule has 0 amide bonds. The van der Waals surface area contributed by atoms with E-state index in [0.717, 1.165) is 6.07 Å². The minimum absolute atomic E-state index is 0.0562. The van der Waals surface area contributed by atoms with Gasteiger partial charge >= 0.3 is 6.18 Å². The van der Waals surface area contributed by atoms with Gasteiger partial charge in [-0.3, -0.25) is 0 Å². The normalized spacial score (nSPS) is 11.0. The van der Waals surface area contributed by atoms with E-state index in [1.54, 1.807) is 14.0 Å². The van der Waals surface area contributed by atoms with E-state index >= 15 is 0 Å². The molecule has 0 aliphatic heterocycles. The molecule has 0 unspecified atom stereocenters. The Labute approximate surface area is 136 Å². The number of benzene rings is 1. The lowest BCUT2D eigenvalue weighted by molar-refractivity contribution is -0.138. The maximum absolute atomic E-state index is 13.2. The lowest BCUT2D eigenvalue weighted by atomic mass is 10.0. The Balaban J connectivity index is 2.64. The Bertz CT molecular complexity index is 797. The van der Waals surface area contributed by atoms with Crippen LogP contribution in [0, 0.1) is 11.3 Å². The van der Waals surface area contributed by atoms with E-state index in [4.69, 9.17) is 15.7 Å². The van der Waals surface area contributed by atoms with Crippen molar-refractivity contribution in [3.8, 4) is 23.1 Å². The van der Waals surface area contributed by atoms with Crippen molar-refractivity contribution in [3.05, 3.63) is 35.5 Å². The zero-order chi connectivity index (χ0) is 17.9. The summed E-state index contributed by atoms with van der Waals surface area (Å²) < 4.78 is 44.8. The summed E-state index contributed by atoms with van der Waals surface area (Å²) in [5.41, 5.74) is 5.79. The topological polar surface area (TPSA) is 84.0 Å². The van der Waals surface area contributed by atoms with Gasteiger partial charge in [0.05, 0.1) is 29.2 Å². The molecule has 0 spiro atoms. The summed E-state index contributed by atoms with van der Waals surface area (Å²) in [6, 6.07) is 6.97. The summed E-state index contributed by atoms with van der Waals surface area (Å²) in [4.78, 5) is 4.03. The molecule has 5 nitrogen and oxygen atoms in total. The highest BCUT2D eigenvalue weighted by molar-refractivity contribution is 5.77. The molecule has 3 N–H and O–H groups in total. The van der Waals surface area contributed by atoms with E-state index in [9.17, 15) is 13.2 Å². The van der Waals surface area contributed by atoms with Gasteiger partial charge in [0.25, 0.3) is 0 Å². The molecular weight excluding hydrogens is 321 g/mol. The van der Waals surface area contributed by atoms with Gasteiger partial charge in [-0.1, -0.05) is 0 Å². The van der Waals surface area contributed by atoms with Crippen molar-refractivity contribution in [2.45, 2.75) is 13.1 Å². The fraction of sp³-hybridized carbons (Fsp3) is 0.250. The summed E-state index contributed by atoms with van der Waals surface area (Å²) >= 11 is 0. The first-order valence-electron chi connectivity index (χ1n) is 7.04. The third kappa shape index (κ3) is 3.35. The Kier molecular flexibility index (Phi) is 4.83. The second-order valence-electron chi connectivity index (χ2n) is 4.82. The fourth-order valence-electron chi connectivity index (χ4n) is 2.19. The van der Waals surface area contributed by atoms with Crippen LogP contribution in [-0.2, 0) is 6.18 Å². The van der Waals surface area contributed by atoms with E-state index in [0.29, 0.717) is 5.69 Å². The van der Waals surface area contributed by atoms with Gasteiger partial charge < -0.3 is 15.8 Å². The molecule has 1 heterocycles. The largest absolute Gasteiger partial charge is 0.493 e. The highest BCUT2D eigenvalue weighted by Gasteiger charge is 2.35. The number of nitrogens with one attached hydrogen (secondary N) is 1. The average molecular weight is 336 g/mol. The van der Waals surface area contributed by atoms with Crippen molar-refractivity contribution in [2.75, 3.05) is 24.7 Å². The molecule has 2 rings (SSSR count). The minimum atomic E-state index is -4.57. The predicted molar refractivity (Wildman–Crippen MR) is 84.5 cm³/mol. The molecule has 126 valence electrons. The van der Waals surface area contributed by atoms with E-state index in [1.807, 2.05) is 6.07 Å². The van der Waals surface area contributed by atoms with Gasteiger partial charge in [-0.15, -0.1) is 0 Å². The number of rotatable bonds is 4. The van der Waals surface area contributed by atoms with Crippen LogP contribution in [0.2, 0.25) is 0 Å². The smallest absolute Gasteiger partial charge is 0.419 e. The number of ether oxygens (including phenoxy) is 1. The lowest BCUT2D eigenvalue weighted by Gasteiger charge is -2.15. The quantitative estimate of drug-likeness (QED) is 0.890. The van der Waals surface area contributed by atoms with Crippen LogP contribution in [0.5, 0.6) is 5.75 Å². The number of nitrogens with zero attached hydrogens (tertiary/aromatic N) is 2. The van der Waals surface area contributed by atoms with E-state index in [2.05, 4.69) is 10.3 Å².